The number of hydrogen-bond acceptors (Lipinski definition) is 4. The maximum absolute atomic E-state index is 12.3. The second-order valence-electron chi connectivity index (χ2n) is 7.51. The summed E-state index contributed by atoms with van der Waals surface area (Å²) in [6, 6.07) is 7.20. The van der Waals surface area contributed by atoms with E-state index < -0.39 is 5.60 Å². The van der Waals surface area contributed by atoms with Crippen molar-refractivity contribution in [2.45, 2.75) is 39.2 Å². The van der Waals surface area contributed by atoms with Gasteiger partial charge in [0.25, 0.3) is 0 Å². The lowest BCUT2D eigenvalue weighted by Gasteiger charge is -2.32. The van der Waals surface area contributed by atoms with Crippen molar-refractivity contribution in [3.8, 4) is 0 Å². The lowest BCUT2D eigenvalue weighted by molar-refractivity contribution is -0.128. The first-order valence-corrected chi connectivity index (χ1v) is 9.74. The standard InChI is InChI=1S/C19H26BrN3O4/c1-19(2,3)27-18(26)23-10-8-13(9-11-23)17(25)21-12-16(24)22-15-6-4-14(20)5-7-15/h4-7,13H,8-12H2,1-3H3,(H,21,25)(H,22,24). The molecule has 0 unspecified atom stereocenters. The lowest BCUT2D eigenvalue weighted by atomic mass is 9.96. The summed E-state index contributed by atoms with van der Waals surface area (Å²) in [7, 11) is 0. The van der Waals surface area contributed by atoms with Crippen LogP contribution in [-0.4, -0.2) is 48.0 Å². The summed E-state index contributed by atoms with van der Waals surface area (Å²) in [6.07, 6.45) is 0.758. The van der Waals surface area contributed by atoms with Gasteiger partial charge in [0.1, 0.15) is 5.60 Å². The van der Waals surface area contributed by atoms with Crippen molar-refractivity contribution in [3.63, 3.8) is 0 Å². The summed E-state index contributed by atoms with van der Waals surface area (Å²) in [5, 5.41) is 5.40. The molecule has 7 nitrogen and oxygen atoms in total. The lowest BCUT2D eigenvalue weighted by Crippen LogP contribution is -2.45. The Labute approximate surface area is 167 Å². The van der Waals surface area contributed by atoms with Gasteiger partial charge in [-0.2, -0.15) is 0 Å². The molecule has 0 saturated carbocycles. The molecule has 1 fully saturated rings. The van der Waals surface area contributed by atoms with Crippen LogP contribution in [0.25, 0.3) is 0 Å². The topological polar surface area (TPSA) is 87.7 Å². The van der Waals surface area contributed by atoms with E-state index in [0.717, 1.165) is 4.47 Å². The van der Waals surface area contributed by atoms with E-state index in [1.807, 2.05) is 32.9 Å². The zero-order valence-corrected chi connectivity index (χ0v) is 17.5. The van der Waals surface area contributed by atoms with Gasteiger partial charge in [-0.1, -0.05) is 15.9 Å². The monoisotopic (exact) mass is 439 g/mol. The number of nitrogens with zero attached hydrogens (tertiary/aromatic N) is 1. The Bertz CT molecular complexity index is 677. The van der Waals surface area contributed by atoms with Crippen molar-refractivity contribution in [2.75, 3.05) is 25.0 Å². The molecule has 0 atom stereocenters. The van der Waals surface area contributed by atoms with Crippen LogP contribution in [0.15, 0.2) is 28.7 Å². The van der Waals surface area contributed by atoms with Gasteiger partial charge in [-0.3, -0.25) is 9.59 Å². The number of carbonyl (C=O) groups is 3. The van der Waals surface area contributed by atoms with Gasteiger partial charge >= 0.3 is 6.09 Å². The van der Waals surface area contributed by atoms with Crippen LogP contribution in [0.4, 0.5) is 10.5 Å². The van der Waals surface area contributed by atoms with Gasteiger partial charge in [-0.05, 0) is 57.9 Å². The minimum atomic E-state index is -0.534. The van der Waals surface area contributed by atoms with Crippen molar-refractivity contribution in [3.05, 3.63) is 28.7 Å². The molecular formula is C19H26BrN3O4. The molecule has 0 radical (unpaired) electrons. The first kappa shape index (κ1) is 21.2. The van der Waals surface area contributed by atoms with Gasteiger partial charge in [-0.25, -0.2) is 4.79 Å². The molecule has 1 aromatic carbocycles. The van der Waals surface area contributed by atoms with E-state index in [1.165, 1.54) is 0 Å². The minimum Gasteiger partial charge on any atom is -0.444 e. The molecule has 1 saturated heterocycles. The zero-order valence-electron chi connectivity index (χ0n) is 15.9. The molecule has 0 aromatic heterocycles. The number of benzene rings is 1. The predicted molar refractivity (Wildman–Crippen MR) is 106 cm³/mol. The number of likely N-dealkylation sites (tertiary alicyclic amines) is 1. The number of rotatable bonds is 4. The van der Waals surface area contributed by atoms with Crippen LogP contribution >= 0.6 is 15.9 Å². The number of hydrogen-bond donors (Lipinski definition) is 2. The highest BCUT2D eigenvalue weighted by atomic mass is 79.9. The summed E-state index contributed by atoms with van der Waals surface area (Å²) in [4.78, 5) is 37.9. The smallest absolute Gasteiger partial charge is 0.410 e. The van der Waals surface area contributed by atoms with E-state index in [0.29, 0.717) is 31.6 Å². The molecule has 0 bridgehead atoms. The number of amides is 3. The molecule has 0 spiro atoms. The molecule has 148 valence electrons. The molecule has 3 amide bonds. The maximum atomic E-state index is 12.3. The van der Waals surface area contributed by atoms with Crippen LogP contribution in [0.2, 0.25) is 0 Å². The molecule has 1 heterocycles. The van der Waals surface area contributed by atoms with E-state index in [2.05, 4.69) is 26.6 Å². The minimum absolute atomic E-state index is 0.0822. The number of halogens is 1. The highest BCUT2D eigenvalue weighted by Gasteiger charge is 2.29. The summed E-state index contributed by atoms with van der Waals surface area (Å²) >= 11 is 3.33. The van der Waals surface area contributed by atoms with Crippen molar-refractivity contribution < 1.29 is 19.1 Å². The van der Waals surface area contributed by atoms with Gasteiger partial charge in [-0.15, -0.1) is 0 Å². The maximum Gasteiger partial charge on any atom is 0.410 e. The van der Waals surface area contributed by atoms with Gasteiger partial charge in [0.05, 0.1) is 6.54 Å². The molecule has 0 aliphatic carbocycles. The fourth-order valence-corrected chi connectivity index (χ4v) is 2.97. The van der Waals surface area contributed by atoms with Crippen molar-refractivity contribution in [1.29, 1.82) is 0 Å². The van der Waals surface area contributed by atoms with E-state index in [1.54, 1.807) is 17.0 Å². The second-order valence-corrected chi connectivity index (χ2v) is 8.43. The van der Waals surface area contributed by atoms with Gasteiger partial charge in [0.15, 0.2) is 0 Å². The van der Waals surface area contributed by atoms with E-state index >= 15 is 0 Å². The number of nitrogens with one attached hydrogen (secondary N) is 2. The van der Waals surface area contributed by atoms with Gasteiger partial charge in [0.2, 0.25) is 11.8 Å². The second kappa shape index (κ2) is 9.21. The number of piperidine rings is 1. The van der Waals surface area contributed by atoms with E-state index in [-0.39, 0.29) is 30.4 Å². The Morgan fingerprint density at radius 3 is 2.30 bits per heavy atom. The average Bonchev–Trinajstić information content (AvgIpc) is 2.60. The van der Waals surface area contributed by atoms with Crippen molar-refractivity contribution in [1.82, 2.24) is 10.2 Å². The first-order valence-electron chi connectivity index (χ1n) is 8.95. The van der Waals surface area contributed by atoms with Crippen LogP contribution in [0.3, 0.4) is 0 Å². The Hall–Kier alpha value is -2.09. The number of ether oxygens (including phenoxy) is 1. The Morgan fingerprint density at radius 2 is 1.74 bits per heavy atom. The molecule has 1 aliphatic heterocycles. The van der Waals surface area contributed by atoms with Crippen LogP contribution in [0, 0.1) is 5.92 Å². The largest absolute Gasteiger partial charge is 0.444 e. The highest BCUT2D eigenvalue weighted by molar-refractivity contribution is 9.10. The quantitative estimate of drug-likeness (QED) is 0.753. The fourth-order valence-electron chi connectivity index (χ4n) is 2.70. The molecule has 2 rings (SSSR count). The molecule has 1 aliphatic rings. The Morgan fingerprint density at radius 1 is 1.15 bits per heavy atom. The molecular weight excluding hydrogens is 414 g/mol. The Balaban J connectivity index is 1.72. The summed E-state index contributed by atoms with van der Waals surface area (Å²) < 4.78 is 6.27. The molecule has 27 heavy (non-hydrogen) atoms. The normalized spacial score (nSPS) is 15.2. The fraction of sp³-hybridized carbons (Fsp3) is 0.526. The van der Waals surface area contributed by atoms with Crippen LogP contribution in [0.1, 0.15) is 33.6 Å². The summed E-state index contributed by atoms with van der Waals surface area (Å²) in [6.45, 7) is 6.33. The SMILES string of the molecule is CC(C)(C)OC(=O)N1CCC(C(=O)NCC(=O)Nc2ccc(Br)cc2)CC1. The third kappa shape index (κ3) is 7.21. The van der Waals surface area contributed by atoms with E-state index in [9.17, 15) is 14.4 Å². The predicted octanol–water partition coefficient (Wildman–Crippen LogP) is 3.15. The number of carbonyl (C=O) groups excluding carboxylic acids is 3. The summed E-state index contributed by atoms with van der Waals surface area (Å²) in [5.74, 6) is -0.647. The molecule has 1 aromatic rings. The van der Waals surface area contributed by atoms with E-state index in [4.69, 9.17) is 4.74 Å². The van der Waals surface area contributed by atoms with Crippen LogP contribution in [-0.2, 0) is 14.3 Å². The average molecular weight is 440 g/mol. The Kier molecular flexibility index (Phi) is 7.24. The number of anilines is 1. The molecule has 2 N–H and O–H groups in total. The third-order valence-corrected chi connectivity index (χ3v) is 4.60. The first-order chi connectivity index (χ1) is 12.6. The van der Waals surface area contributed by atoms with Gasteiger partial charge in [0, 0.05) is 29.2 Å². The van der Waals surface area contributed by atoms with Crippen molar-refractivity contribution >= 4 is 39.5 Å². The third-order valence-electron chi connectivity index (χ3n) is 4.07. The summed E-state index contributed by atoms with van der Waals surface area (Å²) in [5.41, 5.74) is 0.135. The van der Waals surface area contributed by atoms with Gasteiger partial charge < -0.3 is 20.3 Å². The highest BCUT2D eigenvalue weighted by Crippen LogP contribution is 2.20. The van der Waals surface area contributed by atoms with Crippen molar-refractivity contribution in [2.24, 2.45) is 5.92 Å². The zero-order chi connectivity index (χ0) is 20.0. The van der Waals surface area contributed by atoms with Crippen LogP contribution < -0.4 is 10.6 Å². The van der Waals surface area contributed by atoms with Crippen LogP contribution in [0.5, 0.6) is 0 Å². The molecule has 8 heteroatoms.